The number of halogens is 1. The van der Waals surface area contributed by atoms with E-state index < -0.39 is 5.82 Å². The number of hydrogen-bond donors (Lipinski definition) is 1. The summed E-state index contributed by atoms with van der Waals surface area (Å²) in [5.74, 6) is -0.372. The maximum atomic E-state index is 14.4. The number of aromatic nitrogens is 5. The highest BCUT2D eigenvalue weighted by Gasteiger charge is 2.22. The van der Waals surface area contributed by atoms with E-state index in [0.717, 1.165) is 24.3 Å². The SMILES string of the molecule is CCCCc1nnc(NC(=O)c2cnn(-c3ccccc3F)c2-n2cccc2)s1. The first kappa shape index (κ1) is 19.0. The van der Waals surface area contributed by atoms with E-state index >= 15 is 0 Å². The molecule has 1 aromatic carbocycles. The summed E-state index contributed by atoms with van der Waals surface area (Å²) in [7, 11) is 0. The van der Waals surface area contributed by atoms with E-state index in [1.165, 1.54) is 28.3 Å². The van der Waals surface area contributed by atoms with Gasteiger partial charge in [0.05, 0.1) is 6.20 Å². The van der Waals surface area contributed by atoms with Gasteiger partial charge in [0.15, 0.2) is 5.82 Å². The maximum absolute atomic E-state index is 14.4. The summed E-state index contributed by atoms with van der Waals surface area (Å²) in [6, 6.07) is 9.95. The summed E-state index contributed by atoms with van der Waals surface area (Å²) in [6.07, 6.45) is 7.91. The van der Waals surface area contributed by atoms with Gasteiger partial charge in [0.2, 0.25) is 5.13 Å². The largest absolute Gasteiger partial charge is 0.308 e. The molecule has 3 aromatic heterocycles. The first-order chi connectivity index (χ1) is 14.2. The fourth-order valence-corrected chi connectivity index (χ4v) is 3.70. The highest BCUT2D eigenvalue weighted by molar-refractivity contribution is 7.15. The molecule has 29 heavy (non-hydrogen) atoms. The Balaban J connectivity index is 1.68. The second kappa shape index (κ2) is 8.36. The van der Waals surface area contributed by atoms with E-state index in [1.807, 2.05) is 12.1 Å². The lowest BCUT2D eigenvalue weighted by molar-refractivity contribution is 0.102. The Kier molecular flexibility index (Phi) is 5.48. The highest BCUT2D eigenvalue weighted by Crippen LogP contribution is 2.24. The summed E-state index contributed by atoms with van der Waals surface area (Å²) in [5, 5.41) is 16.5. The molecule has 3 heterocycles. The normalized spacial score (nSPS) is 11.0. The highest BCUT2D eigenvalue weighted by atomic mass is 32.1. The average molecular weight is 410 g/mol. The number of para-hydroxylation sites is 1. The van der Waals surface area contributed by atoms with Crippen molar-refractivity contribution in [1.29, 1.82) is 0 Å². The summed E-state index contributed by atoms with van der Waals surface area (Å²) in [4.78, 5) is 13.0. The van der Waals surface area contributed by atoms with E-state index in [4.69, 9.17) is 0 Å². The summed E-state index contributed by atoms with van der Waals surface area (Å²) in [5.41, 5.74) is 0.558. The smallest absolute Gasteiger partial charge is 0.262 e. The Labute approximate surface area is 170 Å². The second-order valence-electron chi connectivity index (χ2n) is 6.39. The molecule has 9 heteroatoms. The fourth-order valence-electron chi connectivity index (χ4n) is 2.92. The standard InChI is InChI=1S/C20H19FN6OS/c1-2-3-10-17-24-25-20(29-17)23-18(28)14-13-22-27(16-9-5-4-8-15(16)21)19(14)26-11-6-7-12-26/h4-9,11-13H,2-3,10H2,1H3,(H,23,25,28). The predicted molar refractivity (Wildman–Crippen MR) is 109 cm³/mol. The molecule has 0 radical (unpaired) electrons. The van der Waals surface area contributed by atoms with E-state index in [9.17, 15) is 9.18 Å². The molecule has 1 N–H and O–H groups in total. The zero-order chi connectivity index (χ0) is 20.2. The minimum Gasteiger partial charge on any atom is -0.308 e. The zero-order valence-corrected chi connectivity index (χ0v) is 16.6. The molecule has 0 fully saturated rings. The molecule has 0 bridgehead atoms. The minimum atomic E-state index is -0.430. The molecule has 148 valence electrons. The molecule has 4 rings (SSSR count). The lowest BCUT2D eigenvalue weighted by atomic mass is 10.2. The van der Waals surface area contributed by atoms with Crippen molar-refractivity contribution in [3.05, 3.63) is 71.4 Å². The van der Waals surface area contributed by atoms with E-state index in [-0.39, 0.29) is 11.6 Å². The van der Waals surface area contributed by atoms with Crippen molar-refractivity contribution >= 4 is 22.4 Å². The van der Waals surface area contributed by atoms with Crippen LogP contribution < -0.4 is 5.32 Å². The molecule has 0 spiro atoms. The van der Waals surface area contributed by atoms with Gasteiger partial charge in [0.1, 0.15) is 22.1 Å². The molecule has 0 saturated heterocycles. The van der Waals surface area contributed by atoms with Gasteiger partial charge in [-0.1, -0.05) is 36.8 Å². The Hall–Kier alpha value is -3.33. The molecule has 1 amide bonds. The van der Waals surface area contributed by atoms with Crippen molar-refractivity contribution in [3.8, 4) is 11.5 Å². The molecule has 4 aromatic rings. The number of anilines is 1. The Morgan fingerprint density at radius 2 is 1.97 bits per heavy atom. The molecular weight excluding hydrogens is 391 g/mol. The van der Waals surface area contributed by atoms with Crippen molar-refractivity contribution in [3.63, 3.8) is 0 Å². The van der Waals surface area contributed by atoms with Crippen LogP contribution in [0.3, 0.4) is 0 Å². The Morgan fingerprint density at radius 3 is 2.72 bits per heavy atom. The van der Waals surface area contributed by atoms with Crippen LogP contribution in [0.25, 0.3) is 11.5 Å². The number of nitrogens with zero attached hydrogens (tertiary/aromatic N) is 5. The van der Waals surface area contributed by atoms with Gasteiger partial charge >= 0.3 is 0 Å². The van der Waals surface area contributed by atoms with Gasteiger partial charge in [-0.2, -0.15) is 5.10 Å². The van der Waals surface area contributed by atoms with Crippen LogP contribution in [-0.4, -0.2) is 30.5 Å². The van der Waals surface area contributed by atoms with Crippen LogP contribution in [-0.2, 0) is 6.42 Å². The molecule has 7 nitrogen and oxygen atoms in total. The Bertz CT molecular complexity index is 1120. The summed E-state index contributed by atoms with van der Waals surface area (Å²) in [6.45, 7) is 2.11. The number of amides is 1. The molecule has 0 aliphatic carbocycles. The van der Waals surface area contributed by atoms with Crippen molar-refractivity contribution in [2.75, 3.05) is 5.32 Å². The number of aryl methyl sites for hydroxylation is 1. The van der Waals surface area contributed by atoms with Gasteiger partial charge in [0, 0.05) is 18.8 Å². The zero-order valence-electron chi connectivity index (χ0n) is 15.7. The quantitative estimate of drug-likeness (QED) is 0.494. The number of carbonyl (C=O) groups excluding carboxylic acids is 1. The predicted octanol–water partition coefficient (Wildman–Crippen LogP) is 4.25. The van der Waals surface area contributed by atoms with Crippen LogP contribution in [0.1, 0.15) is 35.1 Å². The molecule has 0 atom stereocenters. The van der Waals surface area contributed by atoms with Crippen LogP contribution in [0, 0.1) is 5.82 Å². The number of benzene rings is 1. The number of rotatable bonds is 7. The van der Waals surface area contributed by atoms with E-state index in [1.54, 1.807) is 35.2 Å². The third kappa shape index (κ3) is 3.95. The lowest BCUT2D eigenvalue weighted by Gasteiger charge is -2.11. The number of carbonyl (C=O) groups is 1. The number of nitrogens with one attached hydrogen (secondary N) is 1. The second-order valence-corrected chi connectivity index (χ2v) is 7.46. The number of hydrogen-bond acceptors (Lipinski definition) is 5. The van der Waals surface area contributed by atoms with Crippen LogP contribution in [0.2, 0.25) is 0 Å². The van der Waals surface area contributed by atoms with Crippen LogP contribution >= 0.6 is 11.3 Å². The number of unbranched alkanes of at least 4 members (excludes halogenated alkanes) is 1. The third-order valence-corrected chi connectivity index (χ3v) is 5.25. The van der Waals surface area contributed by atoms with Gasteiger partial charge in [0.25, 0.3) is 5.91 Å². The average Bonchev–Trinajstić information content (AvgIpc) is 3.47. The van der Waals surface area contributed by atoms with Crippen molar-refractivity contribution in [2.45, 2.75) is 26.2 Å². The minimum absolute atomic E-state index is 0.257. The topological polar surface area (TPSA) is 77.6 Å². The van der Waals surface area contributed by atoms with Crippen LogP contribution in [0.5, 0.6) is 0 Å². The Morgan fingerprint density at radius 1 is 1.17 bits per heavy atom. The van der Waals surface area contributed by atoms with E-state index in [0.29, 0.717) is 16.5 Å². The molecular formula is C20H19FN6OS. The molecule has 0 unspecified atom stereocenters. The van der Waals surface area contributed by atoms with Gasteiger partial charge in [-0.15, -0.1) is 10.2 Å². The fraction of sp³-hybridized carbons (Fsp3) is 0.200. The molecule has 0 saturated carbocycles. The van der Waals surface area contributed by atoms with Gasteiger partial charge in [-0.3, -0.25) is 10.1 Å². The first-order valence-electron chi connectivity index (χ1n) is 9.27. The van der Waals surface area contributed by atoms with Gasteiger partial charge < -0.3 is 4.57 Å². The molecule has 0 aliphatic heterocycles. The first-order valence-corrected chi connectivity index (χ1v) is 10.1. The monoisotopic (exact) mass is 410 g/mol. The van der Waals surface area contributed by atoms with E-state index in [2.05, 4.69) is 27.5 Å². The summed E-state index contributed by atoms with van der Waals surface area (Å²) >= 11 is 1.36. The van der Waals surface area contributed by atoms with Crippen molar-refractivity contribution in [1.82, 2.24) is 24.5 Å². The maximum Gasteiger partial charge on any atom is 0.262 e. The lowest BCUT2D eigenvalue weighted by Crippen LogP contribution is -2.15. The van der Waals surface area contributed by atoms with Crippen LogP contribution in [0.15, 0.2) is 55.0 Å². The van der Waals surface area contributed by atoms with Gasteiger partial charge in [-0.25, -0.2) is 9.07 Å². The summed E-state index contributed by atoms with van der Waals surface area (Å²) < 4.78 is 17.5. The van der Waals surface area contributed by atoms with Crippen LogP contribution in [0.4, 0.5) is 9.52 Å². The van der Waals surface area contributed by atoms with Gasteiger partial charge in [-0.05, 0) is 30.7 Å². The van der Waals surface area contributed by atoms with Crippen molar-refractivity contribution < 1.29 is 9.18 Å². The van der Waals surface area contributed by atoms with Crippen molar-refractivity contribution in [2.24, 2.45) is 0 Å². The third-order valence-electron chi connectivity index (χ3n) is 4.35. The molecule has 0 aliphatic rings.